The highest BCUT2D eigenvalue weighted by Gasteiger charge is 2.23. The number of hydrogen-bond acceptors (Lipinski definition) is 3. The van der Waals surface area contributed by atoms with Crippen LogP contribution in [0.1, 0.15) is 27.0 Å². The van der Waals surface area contributed by atoms with E-state index in [1.807, 2.05) is 25.1 Å². The van der Waals surface area contributed by atoms with Crippen molar-refractivity contribution in [3.05, 3.63) is 58.7 Å². The fourth-order valence-corrected chi connectivity index (χ4v) is 5.57. The number of rotatable bonds is 5. The molecule has 1 aliphatic heterocycles. The topological polar surface area (TPSA) is 35.6 Å². The summed E-state index contributed by atoms with van der Waals surface area (Å²) in [6, 6.07) is 11.9. The van der Waals surface area contributed by atoms with Crippen LogP contribution in [0.5, 0.6) is 0 Å². The lowest BCUT2D eigenvalue weighted by Gasteiger charge is -2.33. The maximum Gasteiger partial charge on any atom is 0.255 e. The molecule has 1 saturated heterocycles. The smallest absolute Gasteiger partial charge is 0.255 e. The van der Waals surface area contributed by atoms with E-state index in [9.17, 15) is 4.79 Å². The molecule has 0 spiro atoms. The zero-order valence-corrected chi connectivity index (χ0v) is 19.9. The molecular formula is C25H33N3OSi. The Kier molecular flexibility index (Phi) is 6.82. The summed E-state index contributed by atoms with van der Waals surface area (Å²) in [5.74, 6) is 2.53. The van der Waals surface area contributed by atoms with Crippen LogP contribution >= 0.6 is 0 Å². The lowest BCUT2D eigenvalue weighted by Crippen LogP contribution is -2.46. The zero-order valence-electron chi connectivity index (χ0n) is 18.9. The van der Waals surface area contributed by atoms with Crippen LogP contribution in [0.3, 0.4) is 0 Å². The average Bonchev–Trinajstić information content (AvgIpc) is 2.70. The summed E-state index contributed by atoms with van der Waals surface area (Å²) in [4.78, 5) is 17.7. The van der Waals surface area contributed by atoms with E-state index >= 15 is 0 Å². The number of carbonyl (C=O) groups excluding carboxylic acids is 1. The maximum atomic E-state index is 12.8. The predicted octanol–water partition coefficient (Wildman–Crippen LogP) is 3.52. The SMILES string of the molecule is C#Cc1cc(C(=O)Nc2ccc(CN3CCN(C)CC3)c([Si](C)(C)C)c2)ccc1C. The minimum absolute atomic E-state index is 0.125. The second-order valence-corrected chi connectivity index (χ2v) is 14.4. The number of nitrogens with one attached hydrogen (secondary N) is 1. The first-order valence-electron chi connectivity index (χ1n) is 10.6. The zero-order chi connectivity index (χ0) is 21.9. The summed E-state index contributed by atoms with van der Waals surface area (Å²) >= 11 is 0. The fraction of sp³-hybridized carbons (Fsp3) is 0.400. The van der Waals surface area contributed by atoms with Gasteiger partial charge in [-0.1, -0.05) is 42.9 Å². The Morgan fingerprint density at radius 3 is 2.43 bits per heavy atom. The van der Waals surface area contributed by atoms with Crippen molar-refractivity contribution in [3.8, 4) is 12.3 Å². The molecule has 1 heterocycles. The van der Waals surface area contributed by atoms with E-state index in [2.05, 4.69) is 59.9 Å². The van der Waals surface area contributed by atoms with Crippen LogP contribution in [0, 0.1) is 19.3 Å². The molecule has 3 rings (SSSR count). The molecule has 1 aliphatic rings. The largest absolute Gasteiger partial charge is 0.322 e. The summed E-state index contributed by atoms with van der Waals surface area (Å²) < 4.78 is 0. The maximum absolute atomic E-state index is 12.8. The van der Waals surface area contributed by atoms with Crippen LogP contribution in [0.2, 0.25) is 19.6 Å². The molecule has 0 unspecified atom stereocenters. The summed E-state index contributed by atoms with van der Waals surface area (Å²) in [7, 11) is 0.609. The summed E-state index contributed by atoms with van der Waals surface area (Å²) in [6.07, 6.45) is 5.56. The molecule has 0 radical (unpaired) electrons. The van der Waals surface area contributed by atoms with E-state index in [1.54, 1.807) is 6.07 Å². The first kappa shape index (κ1) is 22.3. The molecule has 30 heavy (non-hydrogen) atoms. The van der Waals surface area contributed by atoms with Crippen molar-refractivity contribution in [2.24, 2.45) is 0 Å². The highest BCUT2D eigenvalue weighted by molar-refractivity contribution is 6.89. The van der Waals surface area contributed by atoms with E-state index in [0.29, 0.717) is 5.56 Å². The van der Waals surface area contributed by atoms with E-state index in [1.165, 1.54) is 10.8 Å². The number of likely N-dealkylation sites (N-methyl/N-ethyl adjacent to an activating group) is 1. The molecule has 5 heteroatoms. The van der Waals surface area contributed by atoms with Crippen LogP contribution in [0.15, 0.2) is 36.4 Å². The van der Waals surface area contributed by atoms with Gasteiger partial charge in [-0.25, -0.2) is 0 Å². The van der Waals surface area contributed by atoms with Gasteiger partial charge in [-0.2, -0.15) is 0 Å². The second kappa shape index (κ2) is 9.17. The normalized spacial score (nSPS) is 15.6. The number of terminal acetylenes is 1. The van der Waals surface area contributed by atoms with Gasteiger partial charge in [0.05, 0.1) is 8.07 Å². The third-order valence-electron chi connectivity index (χ3n) is 5.82. The van der Waals surface area contributed by atoms with E-state index in [-0.39, 0.29) is 5.91 Å². The molecule has 1 N–H and O–H groups in total. The monoisotopic (exact) mass is 419 g/mol. The number of anilines is 1. The van der Waals surface area contributed by atoms with Gasteiger partial charge in [0, 0.05) is 49.5 Å². The molecule has 1 amide bonds. The predicted molar refractivity (Wildman–Crippen MR) is 129 cm³/mol. The number of aryl methyl sites for hydroxylation is 1. The molecule has 158 valence electrons. The van der Waals surface area contributed by atoms with Gasteiger partial charge in [0.25, 0.3) is 5.91 Å². The third-order valence-corrected chi connectivity index (χ3v) is 7.90. The summed E-state index contributed by atoms with van der Waals surface area (Å²) in [6.45, 7) is 14.5. The minimum atomic E-state index is -1.57. The number of amides is 1. The Morgan fingerprint density at radius 1 is 1.10 bits per heavy atom. The van der Waals surface area contributed by atoms with Crippen LogP contribution < -0.4 is 10.5 Å². The van der Waals surface area contributed by atoms with Crippen molar-refractivity contribution in [2.75, 3.05) is 38.5 Å². The second-order valence-electron chi connectivity index (χ2n) is 9.33. The molecule has 0 bridgehead atoms. The molecule has 0 aromatic heterocycles. The fourth-order valence-electron chi connectivity index (χ4n) is 3.86. The van der Waals surface area contributed by atoms with Crippen molar-refractivity contribution >= 4 is 24.9 Å². The van der Waals surface area contributed by atoms with Gasteiger partial charge in [-0.15, -0.1) is 6.42 Å². The van der Waals surface area contributed by atoms with Gasteiger partial charge >= 0.3 is 0 Å². The van der Waals surface area contributed by atoms with Crippen molar-refractivity contribution < 1.29 is 4.79 Å². The summed E-state index contributed by atoms with van der Waals surface area (Å²) in [5.41, 5.74) is 4.59. The lowest BCUT2D eigenvalue weighted by molar-refractivity contribution is 0.102. The van der Waals surface area contributed by atoms with Crippen LogP contribution in [0.4, 0.5) is 5.69 Å². The molecule has 0 saturated carbocycles. The number of carbonyl (C=O) groups is 1. The third kappa shape index (κ3) is 5.40. The summed E-state index contributed by atoms with van der Waals surface area (Å²) in [5, 5.41) is 4.48. The van der Waals surface area contributed by atoms with Crippen LogP contribution in [-0.2, 0) is 6.54 Å². The molecule has 4 nitrogen and oxygen atoms in total. The Labute approximate surface area is 182 Å². The first-order chi connectivity index (χ1) is 14.2. The number of nitrogens with zero attached hydrogens (tertiary/aromatic N) is 2. The average molecular weight is 420 g/mol. The van der Waals surface area contributed by atoms with Crippen molar-refractivity contribution in [3.63, 3.8) is 0 Å². The lowest BCUT2D eigenvalue weighted by atomic mass is 10.0. The highest BCUT2D eigenvalue weighted by Crippen LogP contribution is 2.18. The Morgan fingerprint density at radius 2 is 1.80 bits per heavy atom. The van der Waals surface area contributed by atoms with Crippen molar-refractivity contribution in [1.29, 1.82) is 0 Å². The van der Waals surface area contributed by atoms with Gasteiger partial charge in [-0.3, -0.25) is 9.69 Å². The van der Waals surface area contributed by atoms with Gasteiger partial charge in [0.15, 0.2) is 0 Å². The highest BCUT2D eigenvalue weighted by atomic mass is 28.3. The van der Waals surface area contributed by atoms with Crippen LogP contribution in [-0.4, -0.2) is 57.0 Å². The van der Waals surface area contributed by atoms with Gasteiger partial charge in [-0.05, 0) is 49.4 Å². The van der Waals surface area contributed by atoms with Crippen molar-refractivity contribution in [2.45, 2.75) is 33.1 Å². The molecule has 1 fully saturated rings. The number of piperazine rings is 1. The number of benzene rings is 2. The van der Waals surface area contributed by atoms with E-state index < -0.39 is 8.07 Å². The Hall–Kier alpha value is -2.39. The molecule has 2 aromatic rings. The van der Waals surface area contributed by atoms with Crippen molar-refractivity contribution in [1.82, 2.24) is 9.80 Å². The van der Waals surface area contributed by atoms with E-state index in [4.69, 9.17) is 6.42 Å². The molecular weight excluding hydrogens is 386 g/mol. The Balaban J connectivity index is 1.81. The van der Waals surface area contributed by atoms with Gasteiger partial charge in [0.2, 0.25) is 0 Å². The van der Waals surface area contributed by atoms with Crippen LogP contribution in [0.25, 0.3) is 0 Å². The minimum Gasteiger partial charge on any atom is -0.322 e. The molecule has 0 atom stereocenters. The quantitative estimate of drug-likeness (QED) is 0.595. The molecule has 0 aliphatic carbocycles. The van der Waals surface area contributed by atoms with Gasteiger partial charge < -0.3 is 10.2 Å². The Bertz CT molecular complexity index is 963. The number of hydrogen-bond donors (Lipinski definition) is 1. The van der Waals surface area contributed by atoms with E-state index in [0.717, 1.165) is 49.5 Å². The molecule has 2 aromatic carbocycles. The van der Waals surface area contributed by atoms with Gasteiger partial charge in [0.1, 0.15) is 0 Å². The first-order valence-corrected chi connectivity index (χ1v) is 14.1. The standard InChI is InChI=1S/C25H33N3OSi/c1-7-20-16-21(9-8-19(20)2)25(29)26-23-11-10-22(24(17-23)30(4,5)6)18-28-14-12-27(3)13-15-28/h1,8-11,16-17H,12-15,18H2,2-6H3,(H,26,29).